The lowest BCUT2D eigenvalue weighted by Gasteiger charge is -2.15. The first-order valence-corrected chi connectivity index (χ1v) is 7.95. The summed E-state index contributed by atoms with van der Waals surface area (Å²) in [5.74, 6) is -0.464. The standard InChI is InChI=1S/C7H16NO7P.2C2H6/c1-7(9)12-5-6-14-16(10,15-11-2)13-4-3-8;2*1-2/h3-6,8H2,1-2H3;2*1-2H3. The molecule has 1 atom stereocenters. The molecule has 0 heterocycles. The molecule has 0 amide bonds. The summed E-state index contributed by atoms with van der Waals surface area (Å²) < 4.78 is 30.1. The Morgan fingerprint density at radius 1 is 1.05 bits per heavy atom. The van der Waals surface area contributed by atoms with Gasteiger partial charge in [0, 0.05) is 13.5 Å². The van der Waals surface area contributed by atoms with Crippen molar-refractivity contribution in [2.75, 3.05) is 33.5 Å². The smallest absolute Gasteiger partial charge is 0.463 e. The summed E-state index contributed by atoms with van der Waals surface area (Å²) in [6.07, 6.45) is 0. The summed E-state index contributed by atoms with van der Waals surface area (Å²) in [5.41, 5.74) is 5.16. The molecule has 0 spiro atoms. The average molecular weight is 317 g/mol. The van der Waals surface area contributed by atoms with E-state index in [9.17, 15) is 9.36 Å². The number of rotatable bonds is 9. The Hall–Kier alpha value is -0.500. The van der Waals surface area contributed by atoms with Crippen molar-refractivity contribution in [3.05, 3.63) is 0 Å². The van der Waals surface area contributed by atoms with Crippen LogP contribution in [0, 0.1) is 0 Å². The molecule has 0 aliphatic carbocycles. The second kappa shape index (κ2) is 18.5. The van der Waals surface area contributed by atoms with E-state index in [2.05, 4.69) is 14.3 Å². The molecule has 2 N–H and O–H groups in total. The van der Waals surface area contributed by atoms with Crippen LogP contribution in [0.3, 0.4) is 0 Å². The van der Waals surface area contributed by atoms with Gasteiger partial charge in [-0.1, -0.05) is 27.7 Å². The Bertz CT molecular complexity index is 251. The zero-order valence-corrected chi connectivity index (χ0v) is 14.1. The van der Waals surface area contributed by atoms with Crippen molar-refractivity contribution in [2.24, 2.45) is 5.73 Å². The van der Waals surface area contributed by atoms with Gasteiger partial charge in [-0.3, -0.25) is 13.8 Å². The fraction of sp³-hybridized carbons (Fsp3) is 0.909. The number of phosphoric acid groups is 1. The number of esters is 1. The van der Waals surface area contributed by atoms with Crippen LogP contribution in [-0.2, 0) is 32.7 Å². The molecule has 0 saturated carbocycles. The summed E-state index contributed by atoms with van der Waals surface area (Å²) in [6.45, 7) is 9.21. The Morgan fingerprint density at radius 2 is 1.55 bits per heavy atom. The van der Waals surface area contributed by atoms with Gasteiger partial charge in [-0.25, -0.2) is 9.45 Å². The number of carbonyl (C=O) groups is 1. The predicted octanol–water partition coefficient (Wildman–Crippen LogP) is 2.28. The second-order valence-electron chi connectivity index (χ2n) is 2.48. The van der Waals surface area contributed by atoms with Gasteiger partial charge in [-0.2, -0.15) is 0 Å². The zero-order chi connectivity index (χ0) is 16.4. The van der Waals surface area contributed by atoms with Crippen LogP contribution >= 0.6 is 7.82 Å². The van der Waals surface area contributed by atoms with E-state index in [0.717, 1.165) is 7.11 Å². The van der Waals surface area contributed by atoms with Crippen molar-refractivity contribution in [3.8, 4) is 0 Å². The van der Waals surface area contributed by atoms with E-state index in [1.165, 1.54) is 6.92 Å². The van der Waals surface area contributed by atoms with E-state index in [-0.39, 0.29) is 26.4 Å². The van der Waals surface area contributed by atoms with E-state index in [0.29, 0.717) is 0 Å². The molecule has 124 valence electrons. The van der Waals surface area contributed by atoms with E-state index in [1.54, 1.807) is 0 Å². The lowest BCUT2D eigenvalue weighted by atomic mass is 10.7. The van der Waals surface area contributed by atoms with Crippen molar-refractivity contribution in [1.29, 1.82) is 0 Å². The van der Waals surface area contributed by atoms with Gasteiger partial charge in [-0.15, -0.1) is 4.67 Å². The lowest BCUT2D eigenvalue weighted by molar-refractivity contribution is -0.201. The molecule has 0 aromatic rings. The Kier molecular flexibility index (Phi) is 22.7. The second-order valence-corrected chi connectivity index (χ2v) is 4.04. The van der Waals surface area contributed by atoms with Gasteiger partial charge in [0.2, 0.25) is 0 Å². The molecule has 0 aromatic carbocycles. The van der Waals surface area contributed by atoms with E-state index >= 15 is 0 Å². The summed E-state index contributed by atoms with van der Waals surface area (Å²) in [4.78, 5) is 14.6. The molecule has 0 aliphatic rings. The summed E-state index contributed by atoms with van der Waals surface area (Å²) in [6, 6.07) is 0. The third-order valence-corrected chi connectivity index (χ3v) is 2.50. The minimum atomic E-state index is -3.79. The first-order chi connectivity index (χ1) is 9.54. The molecule has 0 fully saturated rings. The van der Waals surface area contributed by atoms with Crippen molar-refractivity contribution < 1.29 is 32.7 Å². The van der Waals surface area contributed by atoms with Crippen LogP contribution in [0.25, 0.3) is 0 Å². The van der Waals surface area contributed by atoms with E-state index < -0.39 is 13.8 Å². The zero-order valence-electron chi connectivity index (χ0n) is 13.2. The topological polar surface area (TPSA) is 106 Å². The summed E-state index contributed by atoms with van der Waals surface area (Å²) in [5, 5.41) is 0. The first-order valence-electron chi connectivity index (χ1n) is 6.49. The Labute approximate surface area is 121 Å². The van der Waals surface area contributed by atoms with Gasteiger partial charge in [0.1, 0.15) is 6.61 Å². The highest BCUT2D eigenvalue weighted by atomic mass is 31.2. The van der Waals surface area contributed by atoms with Crippen LogP contribution in [0.15, 0.2) is 0 Å². The quantitative estimate of drug-likeness (QED) is 0.227. The van der Waals surface area contributed by atoms with Crippen LogP contribution in [-0.4, -0.2) is 39.4 Å². The van der Waals surface area contributed by atoms with E-state index in [1.807, 2.05) is 27.7 Å². The summed E-state index contributed by atoms with van der Waals surface area (Å²) in [7, 11) is -2.63. The van der Waals surface area contributed by atoms with E-state index in [4.69, 9.17) is 14.8 Å². The van der Waals surface area contributed by atoms with Crippen molar-refractivity contribution in [3.63, 3.8) is 0 Å². The summed E-state index contributed by atoms with van der Waals surface area (Å²) >= 11 is 0. The third-order valence-electron chi connectivity index (χ3n) is 1.17. The number of nitrogens with two attached hydrogens (primary N) is 1. The Morgan fingerprint density at radius 3 is 1.95 bits per heavy atom. The molecule has 8 nitrogen and oxygen atoms in total. The molecule has 9 heteroatoms. The molecule has 20 heavy (non-hydrogen) atoms. The number of hydrogen-bond acceptors (Lipinski definition) is 8. The van der Waals surface area contributed by atoms with Crippen molar-refractivity contribution >= 4 is 13.8 Å². The number of hydrogen-bond donors (Lipinski definition) is 1. The van der Waals surface area contributed by atoms with Gasteiger partial charge in [0.25, 0.3) is 0 Å². The first kappa shape index (κ1) is 24.5. The predicted molar refractivity (Wildman–Crippen MR) is 76.0 cm³/mol. The van der Waals surface area contributed by atoms with Gasteiger partial charge in [0.05, 0.1) is 20.3 Å². The third kappa shape index (κ3) is 17.5. The van der Waals surface area contributed by atoms with Crippen LogP contribution in [0.5, 0.6) is 0 Å². The molecule has 0 aromatic heterocycles. The highest BCUT2D eigenvalue weighted by Gasteiger charge is 2.27. The van der Waals surface area contributed by atoms with Crippen LogP contribution in [0.2, 0.25) is 0 Å². The molecule has 0 rings (SSSR count). The lowest BCUT2D eigenvalue weighted by Crippen LogP contribution is -2.12. The minimum Gasteiger partial charge on any atom is -0.463 e. The molecule has 0 radical (unpaired) electrons. The minimum absolute atomic E-state index is 0.00575. The molecular weight excluding hydrogens is 289 g/mol. The SMILES string of the molecule is CC.CC.COOP(=O)(OCCN)OCCOC(C)=O. The average Bonchev–Trinajstić information content (AvgIpc) is 2.46. The van der Waals surface area contributed by atoms with Crippen LogP contribution < -0.4 is 5.73 Å². The molecule has 0 aliphatic heterocycles. The van der Waals surface area contributed by atoms with Gasteiger partial charge in [-0.05, 0) is 0 Å². The highest BCUT2D eigenvalue weighted by Crippen LogP contribution is 2.49. The monoisotopic (exact) mass is 317 g/mol. The molecular formula is C11H28NO7P. The highest BCUT2D eigenvalue weighted by molar-refractivity contribution is 7.48. The maximum atomic E-state index is 11.6. The van der Waals surface area contributed by atoms with Crippen molar-refractivity contribution in [1.82, 2.24) is 0 Å². The van der Waals surface area contributed by atoms with Gasteiger partial charge < -0.3 is 10.5 Å². The van der Waals surface area contributed by atoms with Crippen LogP contribution in [0.1, 0.15) is 34.6 Å². The number of phosphoric ester groups is 1. The number of ether oxygens (including phenoxy) is 1. The van der Waals surface area contributed by atoms with Crippen molar-refractivity contribution in [2.45, 2.75) is 34.6 Å². The molecule has 0 bridgehead atoms. The maximum Gasteiger partial charge on any atom is 0.502 e. The Balaban J connectivity index is -0.000000656. The fourth-order valence-electron chi connectivity index (χ4n) is 0.671. The maximum absolute atomic E-state index is 11.6. The van der Waals surface area contributed by atoms with Crippen LogP contribution in [0.4, 0.5) is 0 Å². The fourth-order valence-corrected chi connectivity index (χ4v) is 1.64. The van der Waals surface area contributed by atoms with Gasteiger partial charge >= 0.3 is 13.8 Å². The molecule has 0 saturated heterocycles. The normalized spacial score (nSPS) is 12.2. The largest absolute Gasteiger partial charge is 0.502 e. The van der Waals surface area contributed by atoms with Gasteiger partial charge in [0.15, 0.2) is 0 Å². The number of carbonyl (C=O) groups excluding carboxylic acids is 1. The molecule has 1 unspecified atom stereocenters.